The van der Waals surface area contributed by atoms with Gasteiger partial charge in [0.15, 0.2) is 0 Å². The minimum atomic E-state index is 0.148. The molecule has 5 nitrogen and oxygen atoms in total. The van der Waals surface area contributed by atoms with E-state index >= 15 is 0 Å². The smallest absolute Gasteiger partial charge is 0.257 e. The van der Waals surface area contributed by atoms with Crippen LogP contribution in [0.4, 0.5) is 0 Å². The molecule has 0 aromatic carbocycles. The lowest BCUT2D eigenvalue weighted by molar-refractivity contribution is 0.0781. The number of likely N-dealkylation sites (N-methyl/N-ethyl adjacent to an activating group) is 1. The van der Waals surface area contributed by atoms with E-state index in [-0.39, 0.29) is 5.91 Å². The molecule has 1 aromatic rings. The zero-order valence-corrected chi connectivity index (χ0v) is 14.7. The van der Waals surface area contributed by atoms with Crippen LogP contribution < -0.4 is 0 Å². The summed E-state index contributed by atoms with van der Waals surface area (Å²) < 4.78 is 2.03. The third kappa shape index (κ3) is 3.44. The monoisotopic (exact) mass is 318 g/mol. The van der Waals surface area contributed by atoms with Gasteiger partial charge in [0, 0.05) is 25.3 Å². The van der Waals surface area contributed by atoms with Gasteiger partial charge in [0.05, 0.1) is 17.8 Å². The molecule has 0 bridgehead atoms. The Kier molecular flexibility index (Phi) is 5.05. The van der Waals surface area contributed by atoms with E-state index in [2.05, 4.69) is 31.0 Å². The number of carbonyl (C=O) groups excluding carboxylic acids is 1. The zero-order chi connectivity index (χ0) is 16.4. The summed E-state index contributed by atoms with van der Waals surface area (Å²) in [5, 5.41) is 4.48. The van der Waals surface area contributed by atoms with E-state index in [1.807, 2.05) is 15.8 Å². The molecule has 128 valence electrons. The molecule has 5 heteroatoms. The summed E-state index contributed by atoms with van der Waals surface area (Å²) in [7, 11) is 4.23. The van der Waals surface area contributed by atoms with Crippen molar-refractivity contribution in [3.05, 3.63) is 18.0 Å². The number of nitrogens with zero attached hydrogens (tertiary/aromatic N) is 4. The van der Waals surface area contributed by atoms with Crippen LogP contribution in [0.15, 0.2) is 12.4 Å². The molecular weight excluding hydrogens is 288 g/mol. The molecule has 0 radical (unpaired) electrons. The minimum absolute atomic E-state index is 0.148. The molecule has 1 aliphatic heterocycles. The van der Waals surface area contributed by atoms with Gasteiger partial charge in [0.1, 0.15) is 0 Å². The fraction of sp³-hybridized carbons (Fsp3) is 0.778. The maximum atomic E-state index is 12.8. The highest BCUT2D eigenvalue weighted by atomic mass is 16.2. The number of carbonyl (C=O) groups is 1. The third-order valence-electron chi connectivity index (χ3n) is 5.68. The van der Waals surface area contributed by atoms with Crippen LogP contribution in [0.25, 0.3) is 0 Å². The average molecular weight is 318 g/mol. The predicted molar refractivity (Wildman–Crippen MR) is 91.5 cm³/mol. The Hall–Kier alpha value is -1.36. The number of hydrogen-bond acceptors (Lipinski definition) is 3. The lowest BCUT2D eigenvalue weighted by Gasteiger charge is -2.23. The number of rotatable bonds is 4. The van der Waals surface area contributed by atoms with Gasteiger partial charge in [-0.15, -0.1) is 0 Å². The van der Waals surface area contributed by atoms with Crippen LogP contribution in [0.2, 0.25) is 0 Å². The van der Waals surface area contributed by atoms with Gasteiger partial charge in [-0.1, -0.05) is 32.6 Å². The summed E-state index contributed by atoms with van der Waals surface area (Å²) in [5.74, 6) is 0.720. The van der Waals surface area contributed by atoms with Crippen molar-refractivity contribution in [2.75, 3.05) is 27.2 Å². The number of likely N-dealkylation sites (tertiary alicyclic amines) is 1. The van der Waals surface area contributed by atoms with Crippen LogP contribution >= 0.6 is 0 Å². The molecular formula is C18H30N4O. The first-order valence-electron chi connectivity index (χ1n) is 9.10. The molecule has 1 aliphatic carbocycles. The van der Waals surface area contributed by atoms with Gasteiger partial charge < -0.3 is 9.80 Å². The van der Waals surface area contributed by atoms with E-state index < -0.39 is 0 Å². The highest BCUT2D eigenvalue weighted by molar-refractivity contribution is 5.94. The van der Waals surface area contributed by atoms with Crippen LogP contribution in [-0.4, -0.2) is 58.7 Å². The van der Waals surface area contributed by atoms with Gasteiger partial charge in [-0.05, 0) is 32.9 Å². The largest absolute Gasteiger partial charge is 0.337 e. The van der Waals surface area contributed by atoms with Gasteiger partial charge in [0.2, 0.25) is 0 Å². The van der Waals surface area contributed by atoms with Gasteiger partial charge in [0.25, 0.3) is 5.91 Å². The van der Waals surface area contributed by atoms with Crippen LogP contribution in [0.3, 0.4) is 0 Å². The average Bonchev–Trinajstić information content (AvgIpc) is 3.22. The van der Waals surface area contributed by atoms with E-state index in [0.29, 0.717) is 18.0 Å². The SMILES string of the molecule is CC[C@@H]1CN(C(=O)c2cnn(C3CCCCC3)c2)C[C@@H]1N(C)C. The van der Waals surface area contributed by atoms with Crippen LogP contribution in [0, 0.1) is 5.92 Å². The third-order valence-corrected chi connectivity index (χ3v) is 5.68. The quantitative estimate of drug-likeness (QED) is 0.857. The molecule has 2 heterocycles. The Morgan fingerprint density at radius 2 is 2.00 bits per heavy atom. The Labute approximate surface area is 139 Å². The first kappa shape index (κ1) is 16.5. The highest BCUT2D eigenvalue weighted by Gasteiger charge is 2.36. The van der Waals surface area contributed by atoms with Crippen molar-refractivity contribution >= 4 is 5.91 Å². The topological polar surface area (TPSA) is 41.4 Å². The number of aromatic nitrogens is 2. The Bertz CT molecular complexity index is 533. The van der Waals surface area contributed by atoms with Crippen molar-refractivity contribution in [1.29, 1.82) is 0 Å². The Morgan fingerprint density at radius 1 is 1.26 bits per heavy atom. The fourth-order valence-corrected chi connectivity index (χ4v) is 4.18. The number of amides is 1. The Morgan fingerprint density at radius 3 is 2.61 bits per heavy atom. The zero-order valence-electron chi connectivity index (χ0n) is 14.7. The predicted octanol–water partition coefficient (Wildman–Crippen LogP) is 2.80. The molecule has 3 rings (SSSR count). The van der Waals surface area contributed by atoms with Crippen LogP contribution in [-0.2, 0) is 0 Å². The molecule has 2 fully saturated rings. The molecule has 0 spiro atoms. The summed E-state index contributed by atoms with van der Waals surface area (Å²) in [6.07, 6.45) is 11.1. The second-order valence-corrected chi connectivity index (χ2v) is 7.41. The van der Waals surface area contributed by atoms with Crippen molar-refractivity contribution in [2.24, 2.45) is 5.92 Å². The maximum absolute atomic E-state index is 12.8. The van der Waals surface area contributed by atoms with Gasteiger partial charge in [-0.25, -0.2) is 0 Å². The van der Waals surface area contributed by atoms with E-state index in [1.54, 1.807) is 6.20 Å². The summed E-state index contributed by atoms with van der Waals surface area (Å²) in [4.78, 5) is 17.1. The molecule has 0 unspecified atom stereocenters. The maximum Gasteiger partial charge on any atom is 0.257 e. The molecule has 1 saturated heterocycles. The van der Waals surface area contributed by atoms with E-state index in [4.69, 9.17) is 0 Å². The minimum Gasteiger partial charge on any atom is -0.337 e. The lowest BCUT2D eigenvalue weighted by Crippen LogP contribution is -2.36. The Balaban J connectivity index is 1.67. The molecule has 1 amide bonds. The van der Waals surface area contributed by atoms with Crippen molar-refractivity contribution in [3.8, 4) is 0 Å². The van der Waals surface area contributed by atoms with Crippen LogP contribution in [0.1, 0.15) is 61.8 Å². The molecule has 23 heavy (non-hydrogen) atoms. The second-order valence-electron chi connectivity index (χ2n) is 7.41. The summed E-state index contributed by atoms with van der Waals surface area (Å²) in [6.45, 7) is 3.92. The number of hydrogen-bond donors (Lipinski definition) is 0. The highest BCUT2D eigenvalue weighted by Crippen LogP contribution is 2.28. The van der Waals surface area contributed by atoms with Crippen LogP contribution in [0.5, 0.6) is 0 Å². The first-order chi connectivity index (χ1) is 11.1. The van der Waals surface area contributed by atoms with Gasteiger partial charge >= 0.3 is 0 Å². The lowest BCUT2D eigenvalue weighted by atomic mass is 9.96. The van der Waals surface area contributed by atoms with Crippen molar-refractivity contribution in [2.45, 2.75) is 57.5 Å². The van der Waals surface area contributed by atoms with Crippen molar-refractivity contribution < 1.29 is 4.79 Å². The van der Waals surface area contributed by atoms with Gasteiger partial charge in [-0.2, -0.15) is 5.10 Å². The molecule has 1 saturated carbocycles. The van der Waals surface area contributed by atoms with E-state index in [0.717, 1.165) is 25.1 Å². The molecule has 0 N–H and O–H groups in total. The summed E-state index contributed by atoms with van der Waals surface area (Å²) >= 11 is 0. The summed E-state index contributed by atoms with van der Waals surface area (Å²) in [5.41, 5.74) is 0.754. The van der Waals surface area contributed by atoms with E-state index in [1.165, 1.54) is 32.1 Å². The molecule has 2 atom stereocenters. The van der Waals surface area contributed by atoms with Gasteiger partial charge in [-0.3, -0.25) is 9.48 Å². The van der Waals surface area contributed by atoms with Crippen molar-refractivity contribution in [1.82, 2.24) is 19.6 Å². The van der Waals surface area contributed by atoms with Crippen molar-refractivity contribution in [3.63, 3.8) is 0 Å². The summed E-state index contributed by atoms with van der Waals surface area (Å²) in [6, 6.07) is 0.958. The molecule has 1 aromatic heterocycles. The fourth-order valence-electron chi connectivity index (χ4n) is 4.18. The second kappa shape index (κ2) is 7.04. The first-order valence-corrected chi connectivity index (χ1v) is 9.10. The molecule has 2 aliphatic rings. The standard InChI is InChI=1S/C18H30N4O/c1-4-14-11-21(13-17(14)20(2)3)18(23)15-10-19-22(12-15)16-8-6-5-7-9-16/h10,12,14,16-17H,4-9,11,13H2,1-3H3/t14-,17+/m1/s1. The normalized spacial score (nSPS) is 26.2. The van der Waals surface area contributed by atoms with E-state index in [9.17, 15) is 4.79 Å².